The number of esters is 1. The Morgan fingerprint density at radius 1 is 1.30 bits per heavy atom. The van der Waals surface area contributed by atoms with E-state index in [1.54, 1.807) is 0 Å². The molecule has 8 heteroatoms. The van der Waals surface area contributed by atoms with Gasteiger partial charge in [0.15, 0.2) is 5.13 Å². The lowest BCUT2D eigenvalue weighted by molar-refractivity contribution is 0.0606. The Labute approximate surface area is 116 Å². The maximum Gasteiger partial charge on any atom is 0.349 e. The third-order valence-electron chi connectivity index (χ3n) is 2.30. The minimum absolute atomic E-state index is 0.0399. The SMILES string of the molecule is COC(=O)c1cnc(NC(=O)c2c(F)cccc2F)s1. The van der Waals surface area contributed by atoms with E-state index in [2.05, 4.69) is 15.0 Å². The van der Waals surface area contributed by atoms with Crippen LogP contribution in [0.1, 0.15) is 20.0 Å². The van der Waals surface area contributed by atoms with Crippen molar-refractivity contribution in [3.8, 4) is 0 Å². The molecule has 0 bridgehead atoms. The van der Waals surface area contributed by atoms with Crippen LogP contribution in [-0.4, -0.2) is 24.0 Å². The summed E-state index contributed by atoms with van der Waals surface area (Å²) in [5.41, 5.74) is -0.706. The zero-order chi connectivity index (χ0) is 14.7. The predicted molar refractivity (Wildman–Crippen MR) is 67.8 cm³/mol. The second-order valence-corrected chi connectivity index (χ2v) is 4.60. The summed E-state index contributed by atoms with van der Waals surface area (Å²) in [6.07, 6.45) is 1.20. The largest absolute Gasteiger partial charge is 0.465 e. The average molecular weight is 298 g/mol. The van der Waals surface area contributed by atoms with Crippen LogP contribution in [0.15, 0.2) is 24.4 Å². The zero-order valence-corrected chi connectivity index (χ0v) is 11.0. The van der Waals surface area contributed by atoms with Gasteiger partial charge in [-0.25, -0.2) is 18.6 Å². The number of thiazole rings is 1. The minimum atomic E-state index is -0.980. The lowest BCUT2D eigenvalue weighted by Gasteiger charge is -2.03. The Morgan fingerprint density at radius 3 is 2.55 bits per heavy atom. The smallest absolute Gasteiger partial charge is 0.349 e. The van der Waals surface area contributed by atoms with Crippen molar-refractivity contribution in [1.29, 1.82) is 0 Å². The first-order valence-corrected chi connectivity index (χ1v) is 6.14. The molecule has 20 heavy (non-hydrogen) atoms. The van der Waals surface area contributed by atoms with E-state index in [4.69, 9.17) is 0 Å². The molecule has 0 aliphatic rings. The van der Waals surface area contributed by atoms with Gasteiger partial charge in [-0.15, -0.1) is 0 Å². The fourth-order valence-electron chi connectivity index (χ4n) is 1.40. The van der Waals surface area contributed by atoms with Crippen LogP contribution < -0.4 is 5.32 Å². The van der Waals surface area contributed by atoms with Crippen molar-refractivity contribution < 1.29 is 23.1 Å². The van der Waals surface area contributed by atoms with Gasteiger partial charge in [-0.1, -0.05) is 17.4 Å². The van der Waals surface area contributed by atoms with Gasteiger partial charge in [-0.05, 0) is 12.1 Å². The number of nitrogens with one attached hydrogen (secondary N) is 1. The van der Waals surface area contributed by atoms with Gasteiger partial charge in [0.1, 0.15) is 22.1 Å². The second kappa shape index (κ2) is 5.74. The molecule has 2 aromatic rings. The number of nitrogens with zero attached hydrogens (tertiary/aromatic N) is 1. The number of hydrogen-bond acceptors (Lipinski definition) is 5. The number of amides is 1. The monoisotopic (exact) mass is 298 g/mol. The van der Waals surface area contributed by atoms with Crippen LogP contribution in [0, 0.1) is 11.6 Å². The highest BCUT2D eigenvalue weighted by molar-refractivity contribution is 7.17. The summed E-state index contributed by atoms with van der Waals surface area (Å²) in [6.45, 7) is 0. The number of carbonyl (C=O) groups excluding carboxylic acids is 2. The van der Waals surface area contributed by atoms with Crippen LogP contribution in [0.2, 0.25) is 0 Å². The molecule has 1 amide bonds. The van der Waals surface area contributed by atoms with Gasteiger partial charge < -0.3 is 4.74 Å². The molecule has 5 nitrogen and oxygen atoms in total. The van der Waals surface area contributed by atoms with Crippen molar-refractivity contribution in [1.82, 2.24) is 4.98 Å². The molecule has 104 valence electrons. The Morgan fingerprint density at radius 2 is 1.95 bits per heavy atom. The molecular weight excluding hydrogens is 290 g/mol. The molecule has 0 unspecified atom stereocenters. The highest BCUT2D eigenvalue weighted by Crippen LogP contribution is 2.20. The normalized spacial score (nSPS) is 10.2. The van der Waals surface area contributed by atoms with Crippen LogP contribution in [-0.2, 0) is 4.74 Å². The number of aromatic nitrogens is 1. The molecule has 1 heterocycles. The molecule has 0 saturated carbocycles. The third-order valence-corrected chi connectivity index (χ3v) is 3.20. The number of benzene rings is 1. The number of hydrogen-bond donors (Lipinski definition) is 1. The van der Waals surface area contributed by atoms with E-state index >= 15 is 0 Å². The first-order chi connectivity index (χ1) is 9.52. The van der Waals surface area contributed by atoms with Crippen molar-refractivity contribution in [2.45, 2.75) is 0 Å². The van der Waals surface area contributed by atoms with Crippen molar-refractivity contribution in [2.75, 3.05) is 12.4 Å². The van der Waals surface area contributed by atoms with Gasteiger partial charge in [0.25, 0.3) is 5.91 Å². The zero-order valence-electron chi connectivity index (χ0n) is 10.1. The third kappa shape index (κ3) is 2.80. The number of anilines is 1. The Kier molecular flexibility index (Phi) is 4.04. The molecule has 0 atom stereocenters. The van der Waals surface area contributed by atoms with E-state index < -0.39 is 29.1 Å². The van der Waals surface area contributed by atoms with E-state index in [1.165, 1.54) is 13.3 Å². The van der Waals surface area contributed by atoms with E-state index in [1.807, 2.05) is 0 Å². The number of ether oxygens (including phenoxy) is 1. The maximum absolute atomic E-state index is 13.4. The molecule has 0 fully saturated rings. The molecule has 0 saturated heterocycles. The van der Waals surface area contributed by atoms with E-state index in [9.17, 15) is 18.4 Å². The van der Waals surface area contributed by atoms with Crippen molar-refractivity contribution >= 4 is 28.3 Å². The van der Waals surface area contributed by atoms with Gasteiger partial charge in [0.2, 0.25) is 0 Å². The van der Waals surface area contributed by atoms with E-state index in [-0.39, 0.29) is 10.0 Å². The van der Waals surface area contributed by atoms with Gasteiger partial charge in [-0.2, -0.15) is 0 Å². The number of methoxy groups -OCH3 is 1. The molecule has 2 rings (SSSR count). The van der Waals surface area contributed by atoms with Crippen molar-refractivity contribution in [2.24, 2.45) is 0 Å². The summed E-state index contributed by atoms with van der Waals surface area (Å²) < 4.78 is 31.3. The minimum Gasteiger partial charge on any atom is -0.465 e. The van der Waals surface area contributed by atoms with Crippen LogP contribution in [0.3, 0.4) is 0 Å². The summed E-state index contributed by atoms with van der Waals surface area (Å²) in [4.78, 5) is 26.9. The lowest BCUT2D eigenvalue weighted by atomic mass is 10.2. The maximum atomic E-state index is 13.4. The van der Waals surface area contributed by atoms with Crippen LogP contribution in [0.4, 0.5) is 13.9 Å². The molecule has 0 radical (unpaired) electrons. The van der Waals surface area contributed by atoms with Crippen LogP contribution in [0.25, 0.3) is 0 Å². The standard InChI is InChI=1S/C12H8F2N2O3S/c1-19-11(18)8-5-15-12(20-8)16-10(17)9-6(13)3-2-4-7(9)14/h2-5H,1H3,(H,15,16,17). The summed E-state index contributed by atoms with van der Waals surface area (Å²) in [6, 6.07) is 3.10. The summed E-state index contributed by atoms with van der Waals surface area (Å²) in [5, 5.41) is 2.26. The van der Waals surface area contributed by atoms with Crippen LogP contribution >= 0.6 is 11.3 Å². The first-order valence-electron chi connectivity index (χ1n) is 5.32. The highest BCUT2D eigenvalue weighted by atomic mass is 32.1. The summed E-state index contributed by atoms with van der Waals surface area (Å²) >= 11 is 0.838. The molecule has 1 N–H and O–H groups in total. The average Bonchev–Trinajstić information content (AvgIpc) is 2.86. The highest BCUT2D eigenvalue weighted by Gasteiger charge is 2.19. The van der Waals surface area contributed by atoms with Gasteiger partial charge in [-0.3, -0.25) is 10.1 Å². The topological polar surface area (TPSA) is 68.3 Å². The van der Waals surface area contributed by atoms with Crippen molar-refractivity contribution in [3.05, 3.63) is 46.5 Å². The van der Waals surface area contributed by atoms with Crippen molar-refractivity contribution in [3.63, 3.8) is 0 Å². The van der Waals surface area contributed by atoms with E-state index in [0.717, 1.165) is 29.5 Å². The van der Waals surface area contributed by atoms with Gasteiger partial charge in [0.05, 0.1) is 13.3 Å². The first kappa shape index (κ1) is 14.1. The number of carbonyl (C=O) groups is 2. The molecule has 0 aliphatic heterocycles. The molecular formula is C12H8F2N2O3S. The Balaban J connectivity index is 2.20. The summed E-state index contributed by atoms with van der Waals surface area (Å²) in [7, 11) is 1.20. The fourth-order valence-corrected chi connectivity index (χ4v) is 2.13. The lowest BCUT2D eigenvalue weighted by Crippen LogP contribution is -2.15. The molecule has 1 aromatic carbocycles. The Hall–Kier alpha value is -2.35. The molecule has 0 spiro atoms. The molecule has 1 aromatic heterocycles. The predicted octanol–water partition coefficient (Wildman–Crippen LogP) is 2.46. The summed E-state index contributed by atoms with van der Waals surface area (Å²) in [5.74, 6) is -3.55. The van der Waals surface area contributed by atoms with Gasteiger partial charge in [0, 0.05) is 0 Å². The Bertz CT molecular complexity index is 652. The number of rotatable bonds is 3. The number of halogens is 2. The van der Waals surface area contributed by atoms with Gasteiger partial charge >= 0.3 is 5.97 Å². The molecule has 0 aliphatic carbocycles. The van der Waals surface area contributed by atoms with E-state index in [0.29, 0.717) is 0 Å². The fraction of sp³-hybridized carbons (Fsp3) is 0.0833. The quantitative estimate of drug-likeness (QED) is 0.884. The van der Waals surface area contributed by atoms with Crippen LogP contribution in [0.5, 0.6) is 0 Å². The second-order valence-electron chi connectivity index (χ2n) is 3.57.